The number of hydrogen-bond donors (Lipinski definition) is 1. The average molecular weight is 217 g/mol. The summed E-state index contributed by atoms with van der Waals surface area (Å²) in [6.45, 7) is 6.67. The van der Waals surface area contributed by atoms with E-state index in [2.05, 4.69) is 44.3 Å². The standard InChI is InChI=1S/C15H23N/c1-11-8-9-12(2)15(10-11)16-13(3)14-6-4-5-7-14/h8-10,13-14,16H,4-7H2,1-3H3. The summed E-state index contributed by atoms with van der Waals surface area (Å²) in [6.07, 6.45) is 5.64. The molecule has 1 aliphatic carbocycles. The molecule has 0 aromatic heterocycles. The Labute approximate surface area is 99.3 Å². The molecule has 1 nitrogen and oxygen atoms in total. The molecule has 0 aliphatic heterocycles. The maximum atomic E-state index is 3.69. The van der Waals surface area contributed by atoms with Crippen LogP contribution in [0.15, 0.2) is 18.2 Å². The van der Waals surface area contributed by atoms with Crippen LogP contribution in [0.2, 0.25) is 0 Å². The highest BCUT2D eigenvalue weighted by Crippen LogP contribution is 2.30. The van der Waals surface area contributed by atoms with Crippen LogP contribution in [0.4, 0.5) is 5.69 Å². The van der Waals surface area contributed by atoms with Gasteiger partial charge in [0, 0.05) is 11.7 Å². The summed E-state index contributed by atoms with van der Waals surface area (Å²) < 4.78 is 0. The quantitative estimate of drug-likeness (QED) is 0.796. The Morgan fingerprint density at radius 1 is 1.19 bits per heavy atom. The largest absolute Gasteiger partial charge is 0.382 e. The molecule has 0 bridgehead atoms. The molecule has 2 rings (SSSR count). The lowest BCUT2D eigenvalue weighted by molar-refractivity contribution is 0.482. The smallest absolute Gasteiger partial charge is 0.0374 e. The summed E-state index contributed by atoms with van der Waals surface area (Å²) in [6, 6.07) is 7.27. The maximum Gasteiger partial charge on any atom is 0.0374 e. The lowest BCUT2D eigenvalue weighted by Gasteiger charge is -2.23. The van der Waals surface area contributed by atoms with Gasteiger partial charge >= 0.3 is 0 Å². The second kappa shape index (κ2) is 4.90. The highest BCUT2D eigenvalue weighted by atomic mass is 14.9. The fraction of sp³-hybridized carbons (Fsp3) is 0.600. The van der Waals surface area contributed by atoms with Gasteiger partial charge in [0.25, 0.3) is 0 Å². The van der Waals surface area contributed by atoms with E-state index in [0.717, 1.165) is 5.92 Å². The molecule has 1 heteroatoms. The van der Waals surface area contributed by atoms with E-state index >= 15 is 0 Å². The fourth-order valence-electron chi connectivity index (χ4n) is 2.71. The molecule has 0 amide bonds. The first-order chi connectivity index (χ1) is 7.66. The molecule has 0 radical (unpaired) electrons. The zero-order chi connectivity index (χ0) is 11.5. The predicted octanol–water partition coefficient (Wildman–Crippen LogP) is 4.29. The maximum absolute atomic E-state index is 3.69. The third kappa shape index (κ3) is 2.58. The Hall–Kier alpha value is -0.980. The summed E-state index contributed by atoms with van der Waals surface area (Å²) >= 11 is 0. The molecule has 1 saturated carbocycles. The van der Waals surface area contributed by atoms with Crippen molar-refractivity contribution < 1.29 is 0 Å². The third-order valence-corrected chi connectivity index (χ3v) is 3.88. The number of rotatable bonds is 3. The highest BCUT2D eigenvalue weighted by molar-refractivity contribution is 5.53. The van der Waals surface area contributed by atoms with E-state index in [1.165, 1.54) is 42.5 Å². The van der Waals surface area contributed by atoms with Crippen LogP contribution in [0.5, 0.6) is 0 Å². The Balaban J connectivity index is 2.04. The molecule has 1 atom stereocenters. The summed E-state index contributed by atoms with van der Waals surface area (Å²) in [4.78, 5) is 0. The van der Waals surface area contributed by atoms with Crippen LogP contribution in [0.3, 0.4) is 0 Å². The van der Waals surface area contributed by atoms with Crippen LogP contribution in [0.25, 0.3) is 0 Å². The molecule has 1 unspecified atom stereocenters. The van der Waals surface area contributed by atoms with Crippen LogP contribution in [-0.4, -0.2) is 6.04 Å². The van der Waals surface area contributed by atoms with Crippen LogP contribution in [0, 0.1) is 19.8 Å². The molecule has 1 aromatic carbocycles. The van der Waals surface area contributed by atoms with E-state index in [4.69, 9.17) is 0 Å². The molecule has 1 aliphatic rings. The minimum Gasteiger partial charge on any atom is -0.382 e. The molecular weight excluding hydrogens is 194 g/mol. The van der Waals surface area contributed by atoms with Gasteiger partial charge in [0.05, 0.1) is 0 Å². The first-order valence-corrected chi connectivity index (χ1v) is 6.50. The van der Waals surface area contributed by atoms with E-state index < -0.39 is 0 Å². The third-order valence-electron chi connectivity index (χ3n) is 3.88. The Morgan fingerprint density at radius 2 is 1.88 bits per heavy atom. The Morgan fingerprint density at radius 3 is 2.56 bits per heavy atom. The van der Waals surface area contributed by atoms with Crippen molar-refractivity contribution in [1.82, 2.24) is 0 Å². The van der Waals surface area contributed by atoms with Crippen molar-refractivity contribution in [2.24, 2.45) is 5.92 Å². The molecule has 1 N–H and O–H groups in total. The van der Waals surface area contributed by atoms with E-state index in [0.29, 0.717) is 6.04 Å². The van der Waals surface area contributed by atoms with Crippen LogP contribution in [0.1, 0.15) is 43.7 Å². The normalized spacial score (nSPS) is 18.7. The number of benzene rings is 1. The Bertz CT molecular complexity index is 350. The number of anilines is 1. The molecule has 0 saturated heterocycles. The molecule has 88 valence electrons. The van der Waals surface area contributed by atoms with Crippen molar-refractivity contribution in [3.05, 3.63) is 29.3 Å². The summed E-state index contributed by atoms with van der Waals surface area (Å²) in [7, 11) is 0. The lowest BCUT2D eigenvalue weighted by atomic mass is 9.99. The SMILES string of the molecule is Cc1ccc(C)c(NC(C)C2CCCC2)c1. The van der Waals surface area contributed by atoms with Gasteiger partial charge in [0.15, 0.2) is 0 Å². The van der Waals surface area contributed by atoms with Crippen molar-refractivity contribution in [1.29, 1.82) is 0 Å². The van der Waals surface area contributed by atoms with Crippen LogP contribution in [-0.2, 0) is 0 Å². The van der Waals surface area contributed by atoms with Crippen LogP contribution < -0.4 is 5.32 Å². The van der Waals surface area contributed by atoms with Gasteiger partial charge in [-0.25, -0.2) is 0 Å². The number of hydrogen-bond acceptors (Lipinski definition) is 1. The molecule has 1 fully saturated rings. The summed E-state index contributed by atoms with van der Waals surface area (Å²) in [5.41, 5.74) is 4.02. The van der Waals surface area contributed by atoms with Gasteiger partial charge in [-0.2, -0.15) is 0 Å². The van der Waals surface area contributed by atoms with Gasteiger partial charge in [-0.15, -0.1) is 0 Å². The topological polar surface area (TPSA) is 12.0 Å². The fourth-order valence-corrected chi connectivity index (χ4v) is 2.71. The average Bonchev–Trinajstić information content (AvgIpc) is 2.76. The number of aryl methyl sites for hydroxylation is 2. The van der Waals surface area contributed by atoms with Gasteiger partial charge in [-0.05, 0) is 56.7 Å². The zero-order valence-electron chi connectivity index (χ0n) is 10.7. The highest BCUT2D eigenvalue weighted by Gasteiger charge is 2.21. The first-order valence-electron chi connectivity index (χ1n) is 6.50. The van der Waals surface area contributed by atoms with Gasteiger partial charge in [-0.3, -0.25) is 0 Å². The molecule has 0 spiro atoms. The molecular formula is C15H23N. The van der Waals surface area contributed by atoms with Crippen molar-refractivity contribution in [3.63, 3.8) is 0 Å². The van der Waals surface area contributed by atoms with Crippen LogP contribution >= 0.6 is 0 Å². The van der Waals surface area contributed by atoms with Gasteiger partial charge in [0.2, 0.25) is 0 Å². The monoisotopic (exact) mass is 217 g/mol. The van der Waals surface area contributed by atoms with Crippen molar-refractivity contribution in [3.8, 4) is 0 Å². The second-order valence-electron chi connectivity index (χ2n) is 5.30. The minimum atomic E-state index is 0.614. The molecule has 16 heavy (non-hydrogen) atoms. The van der Waals surface area contributed by atoms with E-state index in [1.54, 1.807) is 0 Å². The van der Waals surface area contributed by atoms with E-state index in [9.17, 15) is 0 Å². The van der Waals surface area contributed by atoms with Crippen molar-refractivity contribution in [2.45, 2.75) is 52.5 Å². The summed E-state index contributed by atoms with van der Waals surface area (Å²) in [5, 5.41) is 3.69. The van der Waals surface area contributed by atoms with Gasteiger partial charge in [-0.1, -0.05) is 25.0 Å². The Kier molecular flexibility index (Phi) is 3.52. The molecule has 0 heterocycles. The zero-order valence-corrected chi connectivity index (χ0v) is 10.7. The predicted molar refractivity (Wildman–Crippen MR) is 71.0 cm³/mol. The van der Waals surface area contributed by atoms with Gasteiger partial charge < -0.3 is 5.32 Å². The number of nitrogens with one attached hydrogen (secondary N) is 1. The van der Waals surface area contributed by atoms with Crippen molar-refractivity contribution >= 4 is 5.69 Å². The minimum absolute atomic E-state index is 0.614. The van der Waals surface area contributed by atoms with Gasteiger partial charge in [0.1, 0.15) is 0 Å². The van der Waals surface area contributed by atoms with Crippen molar-refractivity contribution in [2.75, 3.05) is 5.32 Å². The second-order valence-corrected chi connectivity index (χ2v) is 5.30. The lowest BCUT2D eigenvalue weighted by Crippen LogP contribution is -2.24. The van der Waals surface area contributed by atoms with E-state index in [1.807, 2.05) is 0 Å². The summed E-state index contributed by atoms with van der Waals surface area (Å²) in [5.74, 6) is 0.875. The van der Waals surface area contributed by atoms with E-state index in [-0.39, 0.29) is 0 Å². The molecule has 1 aromatic rings. The first kappa shape index (κ1) is 11.5.